The van der Waals surface area contributed by atoms with Gasteiger partial charge in [-0.15, -0.1) is 0 Å². The average Bonchev–Trinajstić information content (AvgIpc) is 3.19. The van der Waals surface area contributed by atoms with E-state index in [2.05, 4.69) is 12.2 Å². The summed E-state index contributed by atoms with van der Waals surface area (Å²) in [6.07, 6.45) is 8.98. The second-order valence-electron chi connectivity index (χ2n) is 9.72. The minimum absolute atomic E-state index is 0.134. The number of rotatable bonds is 7. The van der Waals surface area contributed by atoms with Gasteiger partial charge in [0, 0.05) is 6.04 Å². The molecule has 4 saturated carbocycles. The number of benzene rings is 1. The zero-order valence-corrected chi connectivity index (χ0v) is 17.5. The zero-order valence-electron chi connectivity index (χ0n) is 17.5. The van der Waals surface area contributed by atoms with Gasteiger partial charge in [0.15, 0.2) is 5.76 Å². The molecule has 4 aliphatic carbocycles. The Morgan fingerprint density at radius 3 is 2.33 bits per heavy atom. The van der Waals surface area contributed by atoms with Crippen molar-refractivity contribution in [3.63, 3.8) is 0 Å². The number of hydrogen-bond donors (Lipinski definition) is 1. The quantitative estimate of drug-likeness (QED) is 0.634. The number of nitrogens with one attached hydrogen (secondary N) is 1. The lowest BCUT2D eigenvalue weighted by molar-refractivity contribution is -0.0728. The number of halogens is 1. The maximum Gasteiger partial charge on any atom is 0.287 e. The topological polar surface area (TPSA) is 51.5 Å². The molecule has 0 radical (unpaired) electrons. The average molecular weight is 412 g/mol. The predicted octanol–water partition coefficient (Wildman–Crippen LogP) is 5.72. The van der Waals surface area contributed by atoms with E-state index >= 15 is 0 Å². The maximum atomic E-state index is 13.0. The Kier molecular flexibility index (Phi) is 5.08. The molecule has 6 rings (SSSR count). The summed E-state index contributed by atoms with van der Waals surface area (Å²) in [5.41, 5.74) is 0.278. The molecule has 1 heterocycles. The second kappa shape index (κ2) is 7.75. The Hall–Kier alpha value is -2.30. The monoisotopic (exact) mass is 411 g/mol. The van der Waals surface area contributed by atoms with Crippen LogP contribution in [0.1, 0.15) is 68.2 Å². The first-order valence-corrected chi connectivity index (χ1v) is 11.3. The molecule has 4 aliphatic rings. The Balaban J connectivity index is 1.22. The molecular weight excluding hydrogens is 381 g/mol. The molecule has 160 valence electrons. The molecule has 4 fully saturated rings. The van der Waals surface area contributed by atoms with Crippen LogP contribution >= 0.6 is 0 Å². The fourth-order valence-corrected chi connectivity index (χ4v) is 6.78. The van der Waals surface area contributed by atoms with Gasteiger partial charge in [-0.3, -0.25) is 4.79 Å². The van der Waals surface area contributed by atoms with Gasteiger partial charge in [-0.05, 0) is 105 Å². The van der Waals surface area contributed by atoms with E-state index in [0.29, 0.717) is 17.3 Å². The van der Waals surface area contributed by atoms with Crippen LogP contribution in [0.2, 0.25) is 0 Å². The minimum Gasteiger partial charge on any atom is -0.486 e. The molecule has 1 N–H and O–H groups in total. The number of carbonyl (C=O) groups excluding carboxylic acids is 1. The van der Waals surface area contributed by atoms with Crippen molar-refractivity contribution in [2.24, 2.45) is 23.2 Å². The van der Waals surface area contributed by atoms with Gasteiger partial charge in [-0.2, -0.15) is 0 Å². The van der Waals surface area contributed by atoms with Crippen LogP contribution in [-0.4, -0.2) is 11.9 Å². The Morgan fingerprint density at radius 1 is 1.10 bits per heavy atom. The number of ether oxygens (including phenoxy) is 1. The van der Waals surface area contributed by atoms with Crippen molar-refractivity contribution < 1.29 is 18.3 Å². The van der Waals surface area contributed by atoms with E-state index in [1.165, 1.54) is 50.7 Å². The third kappa shape index (κ3) is 3.75. The van der Waals surface area contributed by atoms with Crippen molar-refractivity contribution in [2.45, 2.75) is 64.5 Å². The van der Waals surface area contributed by atoms with Crippen molar-refractivity contribution in [3.05, 3.63) is 53.7 Å². The van der Waals surface area contributed by atoms with E-state index in [4.69, 9.17) is 9.15 Å². The van der Waals surface area contributed by atoms with Crippen LogP contribution in [0, 0.1) is 29.0 Å². The summed E-state index contributed by atoms with van der Waals surface area (Å²) in [4.78, 5) is 12.9. The molecule has 1 aromatic carbocycles. The van der Waals surface area contributed by atoms with Crippen LogP contribution in [0.4, 0.5) is 4.39 Å². The molecule has 4 bridgehead atoms. The van der Waals surface area contributed by atoms with Crippen molar-refractivity contribution in [1.29, 1.82) is 0 Å². The molecule has 0 saturated heterocycles. The van der Waals surface area contributed by atoms with Crippen molar-refractivity contribution >= 4 is 5.91 Å². The Morgan fingerprint density at radius 2 is 1.73 bits per heavy atom. The first-order valence-electron chi connectivity index (χ1n) is 11.3. The number of carbonyl (C=O) groups is 1. The van der Waals surface area contributed by atoms with Gasteiger partial charge in [0.25, 0.3) is 5.91 Å². The molecule has 1 amide bonds. The minimum atomic E-state index is -0.302. The molecule has 0 aliphatic heterocycles. The normalized spacial score (nSPS) is 30.3. The molecule has 5 heteroatoms. The fourth-order valence-electron chi connectivity index (χ4n) is 6.78. The fraction of sp³-hybridized carbons (Fsp3) is 0.560. The van der Waals surface area contributed by atoms with E-state index in [1.54, 1.807) is 24.3 Å². The smallest absolute Gasteiger partial charge is 0.287 e. The lowest BCUT2D eigenvalue weighted by atomic mass is 9.47. The van der Waals surface area contributed by atoms with Crippen LogP contribution in [0.5, 0.6) is 5.75 Å². The van der Waals surface area contributed by atoms with Crippen LogP contribution in [0.3, 0.4) is 0 Å². The summed E-state index contributed by atoms with van der Waals surface area (Å²) >= 11 is 0. The lowest BCUT2D eigenvalue weighted by Crippen LogP contribution is -2.56. The van der Waals surface area contributed by atoms with Crippen LogP contribution in [0.15, 0.2) is 40.8 Å². The van der Waals surface area contributed by atoms with Gasteiger partial charge in [-0.25, -0.2) is 4.39 Å². The van der Waals surface area contributed by atoms with Crippen molar-refractivity contribution in [1.82, 2.24) is 5.32 Å². The molecule has 2 aromatic rings. The van der Waals surface area contributed by atoms with E-state index < -0.39 is 0 Å². The molecule has 4 nitrogen and oxygen atoms in total. The summed E-state index contributed by atoms with van der Waals surface area (Å²) in [5.74, 6) is 3.62. The highest BCUT2D eigenvalue weighted by Gasteiger charge is 2.54. The Labute approximate surface area is 177 Å². The van der Waals surface area contributed by atoms with Gasteiger partial charge in [0.05, 0.1) is 0 Å². The predicted molar refractivity (Wildman–Crippen MR) is 112 cm³/mol. The van der Waals surface area contributed by atoms with Gasteiger partial charge >= 0.3 is 0 Å². The standard InChI is InChI=1S/C25H30FNO3/c1-2-23(25-12-16-9-17(13-25)11-18(10-16)14-25)27-24(28)22-8-7-21(30-22)15-29-20-5-3-19(26)4-6-20/h3-8,16-18,23H,2,9-15H2,1H3,(H,27,28). The van der Waals surface area contributed by atoms with E-state index in [9.17, 15) is 9.18 Å². The summed E-state index contributed by atoms with van der Waals surface area (Å²) in [5, 5.41) is 3.32. The van der Waals surface area contributed by atoms with Gasteiger partial charge in [-0.1, -0.05) is 6.92 Å². The van der Waals surface area contributed by atoms with E-state index in [0.717, 1.165) is 24.2 Å². The number of hydrogen-bond acceptors (Lipinski definition) is 3. The van der Waals surface area contributed by atoms with Crippen LogP contribution in [-0.2, 0) is 6.61 Å². The zero-order chi connectivity index (χ0) is 20.7. The highest BCUT2D eigenvalue weighted by molar-refractivity contribution is 5.91. The summed E-state index contributed by atoms with van der Waals surface area (Å²) in [6, 6.07) is 9.54. The van der Waals surface area contributed by atoms with E-state index in [-0.39, 0.29) is 29.8 Å². The highest BCUT2D eigenvalue weighted by atomic mass is 19.1. The summed E-state index contributed by atoms with van der Waals surface area (Å²) < 4.78 is 24.4. The molecule has 30 heavy (non-hydrogen) atoms. The second-order valence-corrected chi connectivity index (χ2v) is 9.72. The SMILES string of the molecule is CCC(NC(=O)c1ccc(COc2ccc(F)cc2)o1)C12CC3CC(CC(C3)C1)C2. The molecule has 0 spiro atoms. The Bertz CT molecular complexity index is 868. The first-order chi connectivity index (χ1) is 14.5. The van der Waals surface area contributed by atoms with Gasteiger partial charge in [0.1, 0.15) is 23.9 Å². The van der Waals surface area contributed by atoms with Crippen molar-refractivity contribution in [2.75, 3.05) is 0 Å². The van der Waals surface area contributed by atoms with Crippen LogP contribution < -0.4 is 10.1 Å². The lowest BCUT2D eigenvalue weighted by Gasteiger charge is -2.59. The molecule has 1 aromatic heterocycles. The van der Waals surface area contributed by atoms with E-state index in [1.807, 2.05) is 0 Å². The molecule has 1 unspecified atom stereocenters. The molecular formula is C25H30FNO3. The first kappa shape index (κ1) is 19.7. The number of furan rings is 1. The van der Waals surface area contributed by atoms with Gasteiger partial charge in [0.2, 0.25) is 0 Å². The summed E-state index contributed by atoms with van der Waals surface area (Å²) in [7, 11) is 0. The third-order valence-electron chi connectivity index (χ3n) is 7.62. The van der Waals surface area contributed by atoms with Crippen LogP contribution in [0.25, 0.3) is 0 Å². The maximum absolute atomic E-state index is 13.0. The van der Waals surface area contributed by atoms with Gasteiger partial charge < -0.3 is 14.5 Å². The largest absolute Gasteiger partial charge is 0.486 e. The third-order valence-corrected chi connectivity index (χ3v) is 7.62. The summed E-state index contributed by atoms with van der Waals surface area (Å²) in [6.45, 7) is 2.39. The number of amides is 1. The molecule has 1 atom stereocenters. The highest BCUT2D eigenvalue weighted by Crippen LogP contribution is 2.61. The van der Waals surface area contributed by atoms with Crippen molar-refractivity contribution in [3.8, 4) is 5.75 Å².